The quantitative estimate of drug-likeness (QED) is 0.796. The molecule has 2 nitrogen and oxygen atoms in total. The van der Waals surface area contributed by atoms with Crippen molar-refractivity contribution >= 4 is 15.9 Å². The molecule has 2 N–H and O–H groups in total. The van der Waals surface area contributed by atoms with Crippen LogP contribution in [0.2, 0.25) is 0 Å². The van der Waals surface area contributed by atoms with Gasteiger partial charge in [0.25, 0.3) is 0 Å². The lowest BCUT2D eigenvalue weighted by Crippen LogP contribution is -2.05. The topological polar surface area (TPSA) is 35.2 Å². The maximum Gasteiger partial charge on any atom is 0.133 e. The van der Waals surface area contributed by atoms with Crippen LogP contribution in [0.4, 0.5) is 0 Å². The van der Waals surface area contributed by atoms with E-state index in [1.165, 1.54) is 6.42 Å². The van der Waals surface area contributed by atoms with Crippen LogP contribution in [-0.4, -0.2) is 6.61 Å². The summed E-state index contributed by atoms with van der Waals surface area (Å²) in [5.41, 5.74) is 6.94. The van der Waals surface area contributed by atoms with Crippen molar-refractivity contribution in [1.82, 2.24) is 0 Å². The van der Waals surface area contributed by atoms with E-state index < -0.39 is 0 Å². The minimum atomic E-state index is 0.0568. The first-order chi connectivity index (χ1) is 8.00. The maximum absolute atomic E-state index is 5.83. The van der Waals surface area contributed by atoms with Crippen molar-refractivity contribution in [2.24, 2.45) is 11.7 Å². The summed E-state index contributed by atoms with van der Waals surface area (Å²) in [5.74, 6) is 1.64. The molecule has 0 spiro atoms. The van der Waals surface area contributed by atoms with E-state index in [4.69, 9.17) is 10.5 Å². The molecule has 0 heterocycles. The first kappa shape index (κ1) is 14.5. The van der Waals surface area contributed by atoms with E-state index in [0.717, 1.165) is 34.7 Å². The van der Waals surface area contributed by atoms with Crippen molar-refractivity contribution in [2.45, 2.75) is 39.7 Å². The summed E-state index contributed by atoms with van der Waals surface area (Å²) in [7, 11) is 0. The van der Waals surface area contributed by atoms with Gasteiger partial charge in [-0.25, -0.2) is 0 Å². The second kappa shape index (κ2) is 7.02. The normalized spacial score (nSPS) is 12.8. The number of nitrogens with two attached hydrogens (primary N) is 1. The van der Waals surface area contributed by atoms with Crippen LogP contribution in [0.1, 0.15) is 45.2 Å². The number of hydrogen-bond acceptors (Lipinski definition) is 2. The van der Waals surface area contributed by atoms with Crippen LogP contribution in [0.25, 0.3) is 0 Å². The van der Waals surface area contributed by atoms with Crippen LogP contribution >= 0.6 is 15.9 Å². The molecule has 1 aromatic rings. The molecule has 3 heteroatoms. The highest BCUT2D eigenvalue weighted by molar-refractivity contribution is 9.10. The predicted octanol–water partition coefficient (Wildman–Crippen LogP) is 4.28. The zero-order chi connectivity index (χ0) is 12.8. The van der Waals surface area contributed by atoms with Crippen molar-refractivity contribution in [3.05, 3.63) is 28.2 Å². The monoisotopic (exact) mass is 299 g/mol. The molecular formula is C14H22BrNO. The Labute approximate surface area is 113 Å². The summed E-state index contributed by atoms with van der Waals surface area (Å²) in [5, 5.41) is 0. The Balaban J connectivity index is 2.49. The van der Waals surface area contributed by atoms with Gasteiger partial charge in [-0.2, -0.15) is 0 Å². The molecule has 0 radical (unpaired) electrons. The lowest BCUT2D eigenvalue weighted by Gasteiger charge is -2.12. The van der Waals surface area contributed by atoms with Crippen LogP contribution in [-0.2, 0) is 0 Å². The zero-order valence-electron chi connectivity index (χ0n) is 10.9. The Morgan fingerprint density at radius 2 is 2.00 bits per heavy atom. The Kier molecular flexibility index (Phi) is 6.00. The molecular weight excluding hydrogens is 278 g/mol. The van der Waals surface area contributed by atoms with Crippen LogP contribution in [0.15, 0.2) is 22.7 Å². The molecule has 1 aromatic carbocycles. The molecule has 0 aromatic heterocycles. The number of hydrogen-bond donors (Lipinski definition) is 1. The average Bonchev–Trinajstić information content (AvgIpc) is 2.25. The van der Waals surface area contributed by atoms with Gasteiger partial charge in [-0.1, -0.05) is 19.9 Å². The van der Waals surface area contributed by atoms with Gasteiger partial charge < -0.3 is 10.5 Å². The molecule has 0 bridgehead atoms. The van der Waals surface area contributed by atoms with Crippen molar-refractivity contribution in [3.63, 3.8) is 0 Å². The second-order valence-electron chi connectivity index (χ2n) is 4.86. The molecule has 0 amide bonds. The Bertz CT molecular complexity index is 350. The SMILES string of the molecule is CC(C)CCCOc1ccc([C@@H](C)N)cc1Br. The van der Waals surface area contributed by atoms with Gasteiger partial charge in [0.2, 0.25) is 0 Å². The van der Waals surface area contributed by atoms with Gasteiger partial charge in [0, 0.05) is 6.04 Å². The molecule has 0 saturated heterocycles. The Hall–Kier alpha value is -0.540. The minimum absolute atomic E-state index is 0.0568. The van der Waals surface area contributed by atoms with E-state index in [0.29, 0.717) is 0 Å². The molecule has 1 atom stereocenters. The molecule has 96 valence electrons. The molecule has 0 unspecified atom stereocenters. The Morgan fingerprint density at radius 1 is 1.29 bits per heavy atom. The number of benzene rings is 1. The van der Waals surface area contributed by atoms with Crippen molar-refractivity contribution < 1.29 is 4.74 Å². The van der Waals surface area contributed by atoms with E-state index in [2.05, 4.69) is 29.8 Å². The fraction of sp³-hybridized carbons (Fsp3) is 0.571. The third-order valence-electron chi connectivity index (χ3n) is 2.67. The van der Waals surface area contributed by atoms with Gasteiger partial charge in [0.15, 0.2) is 0 Å². The van der Waals surface area contributed by atoms with Gasteiger partial charge in [0.05, 0.1) is 11.1 Å². The number of rotatable bonds is 6. The first-order valence-corrected chi connectivity index (χ1v) is 6.98. The van der Waals surface area contributed by atoms with Gasteiger partial charge in [0.1, 0.15) is 5.75 Å². The van der Waals surface area contributed by atoms with Gasteiger partial charge in [-0.3, -0.25) is 0 Å². The minimum Gasteiger partial charge on any atom is -0.492 e. The third kappa shape index (κ3) is 5.09. The summed E-state index contributed by atoms with van der Waals surface area (Å²) < 4.78 is 6.72. The highest BCUT2D eigenvalue weighted by atomic mass is 79.9. The maximum atomic E-state index is 5.83. The largest absolute Gasteiger partial charge is 0.492 e. The van der Waals surface area contributed by atoms with Crippen molar-refractivity contribution in [1.29, 1.82) is 0 Å². The van der Waals surface area contributed by atoms with E-state index in [1.54, 1.807) is 0 Å². The average molecular weight is 300 g/mol. The Morgan fingerprint density at radius 3 is 2.53 bits per heavy atom. The second-order valence-corrected chi connectivity index (χ2v) is 5.72. The summed E-state index contributed by atoms with van der Waals surface area (Å²) in [4.78, 5) is 0. The summed E-state index contributed by atoms with van der Waals surface area (Å²) >= 11 is 3.52. The van der Waals surface area contributed by atoms with Crippen molar-refractivity contribution in [2.75, 3.05) is 6.61 Å². The molecule has 0 aliphatic heterocycles. The number of halogens is 1. The standard InChI is InChI=1S/C14H22BrNO/c1-10(2)5-4-8-17-14-7-6-12(11(3)16)9-13(14)15/h6-7,9-11H,4-5,8,16H2,1-3H3/t11-/m1/s1. The molecule has 0 aliphatic carbocycles. The van der Waals surface area contributed by atoms with E-state index in [-0.39, 0.29) is 6.04 Å². The van der Waals surface area contributed by atoms with Gasteiger partial charge in [-0.15, -0.1) is 0 Å². The van der Waals surface area contributed by atoms with Crippen molar-refractivity contribution in [3.8, 4) is 5.75 Å². The lowest BCUT2D eigenvalue weighted by atomic mass is 10.1. The van der Waals surface area contributed by atoms with E-state index in [1.807, 2.05) is 25.1 Å². The molecule has 1 rings (SSSR count). The van der Waals surface area contributed by atoms with Gasteiger partial charge in [-0.05, 0) is 59.3 Å². The molecule has 0 aliphatic rings. The lowest BCUT2D eigenvalue weighted by molar-refractivity contribution is 0.296. The van der Waals surface area contributed by atoms with E-state index >= 15 is 0 Å². The fourth-order valence-electron chi connectivity index (χ4n) is 1.59. The fourth-order valence-corrected chi connectivity index (χ4v) is 2.10. The summed E-state index contributed by atoms with van der Waals surface area (Å²) in [6.45, 7) is 7.21. The first-order valence-electron chi connectivity index (χ1n) is 6.18. The van der Waals surface area contributed by atoms with Gasteiger partial charge >= 0.3 is 0 Å². The third-order valence-corrected chi connectivity index (χ3v) is 3.28. The van der Waals surface area contributed by atoms with E-state index in [9.17, 15) is 0 Å². The van der Waals surface area contributed by atoms with Crippen LogP contribution in [0.3, 0.4) is 0 Å². The predicted molar refractivity (Wildman–Crippen MR) is 76.3 cm³/mol. The molecule has 0 fully saturated rings. The highest BCUT2D eigenvalue weighted by Gasteiger charge is 2.05. The molecule has 0 saturated carbocycles. The van der Waals surface area contributed by atoms with Crippen LogP contribution in [0, 0.1) is 5.92 Å². The summed E-state index contributed by atoms with van der Waals surface area (Å²) in [6, 6.07) is 6.09. The number of ether oxygens (including phenoxy) is 1. The summed E-state index contributed by atoms with van der Waals surface area (Å²) in [6.07, 6.45) is 2.30. The van der Waals surface area contributed by atoms with Crippen LogP contribution in [0.5, 0.6) is 5.75 Å². The molecule has 17 heavy (non-hydrogen) atoms. The zero-order valence-corrected chi connectivity index (χ0v) is 12.5. The van der Waals surface area contributed by atoms with Crippen LogP contribution < -0.4 is 10.5 Å². The highest BCUT2D eigenvalue weighted by Crippen LogP contribution is 2.28. The smallest absolute Gasteiger partial charge is 0.133 e.